The molecule has 0 spiro atoms. The zero-order valence-corrected chi connectivity index (χ0v) is 18.5. The fourth-order valence-electron chi connectivity index (χ4n) is 3.23. The Morgan fingerprint density at radius 1 is 1.13 bits per heavy atom. The van der Waals surface area contributed by atoms with Crippen molar-refractivity contribution in [3.8, 4) is 11.5 Å². The van der Waals surface area contributed by atoms with Gasteiger partial charge in [-0.2, -0.15) is 4.31 Å². The highest BCUT2D eigenvalue weighted by Crippen LogP contribution is 2.30. The van der Waals surface area contributed by atoms with E-state index in [1.165, 1.54) is 29.6 Å². The van der Waals surface area contributed by atoms with Crippen molar-refractivity contribution in [1.29, 1.82) is 0 Å². The van der Waals surface area contributed by atoms with Gasteiger partial charge in [0.2, 0.25) is 10.0 Å². The molecule has 1 N–H and O–H groups in total. The molecule has 0 radical (unpaired) electrons. The summed E-state index contributed by atoms with van der Waals surface area (Å²) in [6.07, 6.45) is 1.88. The Morgan fingerprint density at radius 3 is 2.53 bits per heavy atom. The SMILES string of the molecule is COc1ccc(S(=O)(=O)N2CCCCC2)cc1NC(=O)[C@@H](C)Oc1cccc(Cl)c1. The zero-order valence-electron chi connectivity index (χ0n) is 16.9. The third-order valence-electron chi connectivity index (χ3n) is 4.86. The molecule has 1 atom stereocenters. The van der Waals surface area contributed by atoms with E-state index in [-0.39, 0.29) is 10.6 Å². The molecule has 1 fully saturated rings. The minimum Gasteiger partial charge on any atom is -0.495 e. The normalized spacial score (nSPS) is 16.0. The molecule has 1 aliphatic rings. The van der Waals surface area contributed by atoms with Crippen LogP contribution in [0.25, 0.3) is 0 Å². The molecule has 2 aromatic rings. The molecule has 1 aliphatic heterocycles. The number of ether oxygens (including phenoxy) is 2. The fourth-order valence-corrected chi connectivity index (χ4v) is 4.96. The largest absolute Gasteiger partial charge is 0.495 e. The number of carbonyl (C=O) groups excluding carboxylic acids is 1. The molecule has 3 rings (SSSR count). The van der Waals surface area contributed by atoms with Crippen LogP contribution >= 0.6 is 11.6 Å². The van der Waals surface area contributed by atoms with Crippen LogP contribution in [0.5, 0.6) is 11.5 Å². The van der Waals surface area contributed by atoms with Crippen molar-refractivity contribution in [3.05, 3.63) is 47.5 Å². The smallest absolute Gasteiger partial charge is 0.265 e. The van der Waals surface area contributed by atoms with Crippen molar-refractivity contribution in [3.63, 3.8) is 0 Å². The third-order valence-corrected chi connectivity index (χ3v) is 6.99. The van der Waals surface area contributed by atoms with Crippen LogP contribution in [0.15, 0.2) is 47.4 Å². The van der Waals surface area contributed by atoms with E-state index in [0.29, 0.717) is 29.6 Å². The Bertz CT molecular complexity index is 1010. The lowest BCUT2D eigenvalue weighted by Crippen LogP contribution is -2.35. The van der Waals surface area contributed by atoms with Crippen molar-refractivity contribution in [2.45, 2.75) is 37.2 Å². The number of hydrogen-bond acceptors (Lipinski definition) is 5. The lowest BCUT2D eigenvalue weighted by Gasteiger charge is -2.26. The number of nitrogens with zero attached hydrogens (tertiary/aromatic N) is 1. The second-order valence-electron chi connectivity index (χ2n) is 7.03. The van der Waals surface area contributed by atoms with Crippen LogP contribution < -0.4 is 14.8 Å². The average Bonchev–Trinajstić information content (AvgIpc) is 2.74. The molecule has 7 nitrogen and oxygen atoms in total. The lowest BCUT2D eigenvalue weighted by molar-refractivity contribution is -0.122. The van der Waals surface area contributed by atoms with Gasteiger partial charge in [0, 0.05) is 18.1 Å². The fraction of sp³-hybridized carbons (Fsp3) is 0.381. The number of nitrogens with one attached hydrogen (secondary N) is 1. The Morgan fingerprint density at radius 2 is 1.87 bits per heavy atom. The van der Waals surface area contributed by atoms with Crippen LogP contribution in [0.1, 0.15) is 26.2 Å². The van der Waals surface area contributed by atoms with Crippen LogP contribution in [0.2, 0.25) is 5.02 Å². The number of sulfonamides is 1. The zero-order chi connectivity index (χ0) is 21.7. The monoisotopic (exact) mass is 452 g/mol. The number of rotatable bonds is 7. The number of methoxy groups -OCH3 is 1. The summed E-state index contributed by atoms with van der Waals surface area (Å²) >= 11 is 5.94. The minimum atomic E-state index is -3.64. The average molecular weight is 453 g/mol. The van der Waals surface area contributed by atoms with E-state index in [9.17, 15) is 13.2 Å². The molecular weight excluding hydrogens is 428 g/mol. The summed E-state index contributed by atoms with van der Waals surface area (Å²) < 4.78 is 38.3. The third kappa shape index (κ3) is 5.24. The summed E-state index contributed by atoms with van der Waals surface area (Å²) in [5.74, 6) is 0.371. The molecular formula is C21H25ClN2O5S. The van der Waals surface area contributed by atoms with E-state index in [4.69, 9.17) is 21.1 Å². The van der Waals surface area contributed by atoms with E-state index in [1.807, 2.05) is 0 Å². The highest BCUT2D eigenvalue weighted by atomic mass is 35.5. The van der Waals surface area contributed by atoms with Crippen LogP contribution in [0.3, 0.4) is 0 Å². The molecule has 0 unspecified atom stereocenters. The predicted molar refractivity (Wildman–Crippen MR) is 116 cm³/mol. The second-order valence-corrected chi connectivity index (χ2v) is 9.41. The highest BCUT2D eigenvalue weighted by molar-refractivity contribution is 7.89. The van der Waals surface area contributed by atoms with Gasteiger partial charge in [-0.05, 0) is 56.2 Å². The van der Waals surface area contributed by atoms with Gasteiger partial charge >= 0.3 is 0 Å². The number of anilines is 1. The van der Waals surface area contributed by atoms with Crippen molar-refractivity contribution in [2.24, 2.45) is 0 Å². The Balaban J connectivity index is 1.78. The lowest BCUT2D eigenvalue weighted by atomic mass is 10.2. The molecule has 0 aliphatic carbocycles. The van der Waals surface area contributed by atoms with Gasteiger partial charge in [0.25, 0.3) is 5.91 Å². The first-order chi connectivity index (χ1) is 14.3. The van der Waals surface area contributed by atoms with Gasteiger partial charge in [0.15, 0.2) is 6.10 Å². The molecule has 1 saturated heterocycles. The Labute approximate surface area is 182 Å². The summed E-state index contributed by atoms with van der Waals surface area (Å²) in [4.78, 5) is 12.8. The maximum Gasteiger partial charge on any atom is 0.265 e. The maximum atomic E-state index is 13.0. The van der Waals surface area contributed by atoms with E-state index >= 15 is 0 Å². The van der Waals surface area contributed by atoms with Crippen molar-refractivity contribution >= 4 is 33.2 Å². The molecule has 1 amide bonds. The number of hydrogen-bond donors (Lipinski definition) is 1. The first-order valence-electron chi connectivity index (χ1n) is 9.72. The molecule has 0 aromatic heterocycles. The number of benzene rings is 2. The molecule has 1 heterocycles. The first-order valence-corrected chi connectivity index (χ1v) is 11.5. The maximum absolute atomic E-state index is 13.0. The topological polar surface area (TPSA) is 84.9 Å². The Kier molecular flexibility index (Phi) is 7.23. The summed E-state index contributed by atoms with van der Waals surface area (Å²) in [5.41, 5.74) is 0.266. The van der Waals surface area contributed by atoms with Crippen molar-refractivity contribution in [1.82, 2.24) is 4.31 Å². The molecule has 162 valence electrons. The van der Waals surface area contributed by atoms with Crippen LogP contribution in [0.4, 0.5) is 5.69 Å². The second kappa shape index (κ2) is 9.68. The Hall–Kier alpha value is -2.29. The van der Waals surface area contributed by atoms with Crippen molar-refractivity contribution < 1.29 is 22.7 Å². The van der Waals surface area contributed by atoms with E-state index in [0.717, 1.165) is 19.3 Å². The summed E-state index contributed by atoms with van der Waals surface area (Å²) in [7, 11) is -2.18. The first kappa shape index (κ1) is 22.4. The van der Waals surface area contributed by atoms with E-state index < -0.39 is 22.0 Å². The quantitative estimate of drug-likeness (QED) is 0.688. The summed E-state index contributed by atoms with van der Waals surface area (Å²) in [6, 6.07) is 11.2. The van der Waals surface area contributed by atoms with Gasteiger partial charge in [-0.15, -0.1) is 0 Å². The molecule has 0 bridgehead atoms. The molecule has 0 saturated carbocycles. The van der Waals surface area contributed by atoms with Crippen LogP contribution in [-0.4, -0.2) is 44.9 Å². The van der Waals surface area contributed by atoms with Gasteiger partial charge in [-0.25, -0.2) is 8.42 Å². The minimum absolute atomic E-state index is 0.115. The summed E-state index contributed by atoms with van der Waals surface area (Å²) in [5, 5.41) is 3.20. The molecule has 2 aromatic carbocycles. The van der Waals surface area contributed by atoms with E-state index in [1.54, 1.807) is 31.2 Å². The van der Waals surface area contributed by atoms with Gasteiger partial charge in [0.1, 0.15) is 11.5 Å². The van der Waals surface area contributed by atoms with Crippen molar-refractivity contribution in [2.75, 3.05) is 25.5 Å². The van der Waals surface area contributed by atoms with Gasteiger partial charge in [-0.1, -0.05) is 24.1 Å². The van der Waals surface area contributed by atoms with Gasteiger partial charge in [-0.3, -0.25) is 4.79 Å². The number of piperidine rings is 1. The predicted octanol–water partition coefficient (Wildman–Crippen LogP) is 3.93. The van der Waals surface area contributed by atoms with Crippen LogP contribution in [0, 0.1) is 0 Å². The standard InChI is InChI=1S/C21H25ClN2O5S/c1-15(29-17-8-6-7-16(22)13-17)21(25)23-19-14-18(9-10-20(19)28-2)30(26,27)24-11-4-3-5-12-24/h6-10,13-15H,3-5,11-12H2,1-2H3,(H,23,25)/t15-/m1/s1. The van der Waals surface area contributed by atoms with E-state index in [2.05, 4.69) is 5.32 Å². The van der Waals surface area contributed by atoms with Gasteiger partial charge in [0.05, 0.1) is 17.7 Å². The highest BCUT2D eigenvalue weighted by Gasteiger charge is 2.27. The molecule has 30 heavy (non-hydrogen) atoms. The summed E-state index contributed by atoms with van der Waals surface area (Å²) in [6.45, 7) is 2.60. The van der Waals surface area contributed by atoms with Crippen LogP contribution in [-0.2, 0) is 14.8 Å². The number of amides is 1. The van der Waals surface area contributed by atoms with Gasteiger partial charge < -0.3 is 14.8 Å². The number of halogens is 1. The number of carbonyl (C=O) groups is 1. The molecule has 9 heteroatoms.